The topological polar surface area (TPSA) is 75.3 Å². The Morgan fingerprint density at radius 1 is 1.21 bits per heavy atom. The van der Waals surface area contributed by atoms with Gasteiger partial charge < -0.3 is 5.32 Å². The van der Waals surface area contributed by atoms with Gasteiger partial charge in [-0.1, -0.05) is 6.07 Å². The standard InChI is InChI=1S/C18H26N2O3S/c1-13(14-6-7-14)20-18(21)10-11-19-24(22,23)17-9-8-15-4-2-3-5-16(15)12-17/h8-9,12-14,19H,2-7,10-11H2,1H3,(H,20,21). The molecule has 0 bridgehead atoms. The number of rotatable bonds is 7. The van der Waals surface area contributed by atoms with Crippen LogP contribution in [0.5, 0.6) is 0 Å². The van der Waals surface area contributed by atoms with Crippen molar-refractivity contribution in [2.24, 2.45) is 5.92 Å². The van der Waals surface area contributed by atoms with E-state index in [2.05, 4.69) is 10.0 Å². The Balaban J connectivity index is 1.53. The van der Waals surface area contributed by atoms with Crippen LogP contribution in [0, 0.1) is 5.92 Å². The van der Waals surface area contributed by atoms with Crippen molar-refractivity contribution < 1.29 is 13.2 Å². The summed E-state index contributed by atoms with van der Waals surface area (Å²) in [7, 11) is -3.55. The van der Waals surface area contributed by atoms with Gasteiger partial charge in [-0.3, -0.25) is 4.79 Å². The van der Waals surface area contributed by atoms with Gasteiger partial charge in [-0.15, -0.1) is 0 Å². The van der Waals surface area contributed by atoms with E-state index >= 15 is 0 Å². The van der Waals surface area contributed by atoms with Crippen molar-refractivity contribution in [2.75, 3.05) is 6.54 Å². The summed E-state index contributed by atoms with van der Waals surface area (Å²) in [6.07, 6.45) is 6.78. The molecule has 5 nitrogen and oxygen atoms in total. The molecule has 1 saturated carbocycles. The summed E-state index contributed by atoms with van der Waals surface area (Å²) >= 11 is 0. The number of aryl methyl sites for hydroxylation is 2. The minimum atomic E-state index is -3.55. The number of benzene rings is 1. The van der Waals surface area contributed by atoms with Gasteiger partial charge in [-0.2, -0.15) is 0 Å². The second-order valence-corrected chi connectivity index (χ2v) is 8.75. The number of amides is 1. The zero-order chi connectivity index (χ0) is 17.2. The molecule has 1 amide bonds. The molecule has 1 fully saturated rings. The molecule has 1 aromatic carbocycles. The molecular weight excluding hydrogens is 324 g/mol. The van der Waals surface area contributed by atoms with Crippen LogP contribution in [0.3, 0.4) is 0 Å². The van der Waals surface area contributed by atoms with Gasteiger partial charge >= 0.3 is 0 Å². The molecule has 2 aliphatic carbocycles. The zero-order valence-corrected chi connectivity index (χ0v) is 15.0. The molecule has 1 aromatic rings. The SMILES string of the molecule is CC(NC(=O)CCNS(=O)(=O)c1ccc2c(c1)CCCC2)C1CC1. The largest absolute Gasteiger partial charge is 0.353 e. The molecule has 1 unspecified atom stereocenters. The number of carbonyl (C=O) groups is 1. The summed E-state index contributed by atoms with van der Waals surface area (Å²) in [5.74, 6) is 0.503. The monoisotopic (exact) mass is 350 g/mol. The van der Waals surface area contributed by atoms with Crippen LogP contribution in [0.1, 0.15) is 50.2 Å². The molecule has 0 radical (unpaired) electrons. The Bertz CT molecular complexity index is 711. The van der Waals surface area contributed by atoms with Crippen LogP contribution in [0.4, 0.5) is 0 Å². The van der Waals surface area contributed by atoms with E-state index in [4.69, 9.17) is 0 Å². The van der Waals surface area contributed by atoms with E-state index in [1.165, 1.54) is 24.8 Å². The summed E-state index contributed by atoms with van der Waals surface area (Å²) < 4.78 is 27.3. The molecule has 6 heteroatoms. The molecule has 0 heterocycles. The number of hydrogen-bond acceptors (Lipinski definition) is 3. The molecule has 0 saturated heterocycles. The van der Waals surface area contributed by atoms with Crippen LogP contribution >= 0.6 is 0 Å². The van der Waals surface area contributed by atoms with Crippen LogP contribution in [-0.4, -0.2) is 26.9 Å². The van der Waals surface area contributed by atoms with Crippen LogP contribution < -0.4 is 10.0 Å². The van der Waals surface area contributed by atoms with Gasteiger partial charge in [-0.25, -0.2) is 13.1 Å². The lowest BCUT2D eigenvalue weighted by Gasteiger charge is -2.17. The van der Waals surface area contributed by atoms with Crippen LogP contribution in [0.15, 0.2) is 23.1 Å². The van der Waals surface area contributed by atoms with Gasteiger partial charge in [0.2, 0.25) is 15.9 Å². The van der Waals surface area contributed by atoms with E-state index in [1.54, 1.807) is 12.1 Å². The maximum Gasteiger partial charge on any atom is 0.240 e. The maximum atomic E-state index is 12.4. The number of hydrogen-bond donors (Lipinski definition) is 2. The molecule has 1 atom stereocenters. The predicted octanol–water partition coefficient (Wildman–Crippen LogP) is 2.15. The van der Waals surface area contributed by atoms with Crippen LogP contribution in [0.2, 0.25) is 0 Å². The summed E-state index contributed by atoms with van der Waals surface area (Å²) in [5, 5.41) is 2.94. The predicted molar refractivity (Wildman–Crippen MR) is 93.2 cm³/mol. The summed E-state index contributed by atoms with van der Waals surface area (Å²) in [4.78, 5) is 12.2. The number of carbonyl (C=O) groups excluding carboxylic acids is 1. The normalized spacial score (nSPS) is 18.7. The van der Waals surface area contributed by atoms with E-state index in [0.717, 1.165) is 24.8 Å². The van der Waals surface area contributed by atoms with Crippen molar-refractivity contribution in [3.05, 3.63) is 29.3 Å². The van der Waals surface area contributed by atoms with Gasteiger partial charge in [0.05, 0.1) is 4.90 Å². The lowest BCUT2D eigenvalue weighted by atomic mass is 9.92. The molecule has 0 aliphatic heterocycles. The summed E-state index contributed by atoms with van der Waals surface area (Å²) in [5.41, 5.74) is 2.40. The highest BCUT2D eigenvalue weighted by molar-refractivity contribution is 7.89. The van der Waals surface area contributed by atoms with Crippen molar-refractivity contribution in [1.29, 1.82) is 0 Å². The van der Waals surface area contributed by atoms with Crippen molar-refractivity contribution in [3.63, 3.8) is 0 Å². The minimum Gasteiger partial charge on any atom is -0.353 e. The van der Waals surface area contributed by atoms with Gasteiger partial charge in [0, 0.05) is 19.0 Å². The quantitative estimate of drug-likeness (QED) is 0.791. The molecule has 2 N–H and O–H groups in total. The molecule has 2 aliphatic rings. The third kappa shape index (κ3) is 4.36. The Morgan fingerprint density at radius 3 is 2.62 bits per heavy atom. The zero-order valence-electron chi connectivity index (χ0n) is 14.2. The minimum absolute atomic E-state index is 0.0949. The van der Waals surface area contributed by atoms with Gasteiger partial charge in [0.1, 0.15) is 0 Å². The average Bonchev–Trinajstić information content (AvgIpc) is 3.39. The molecular formula is C18H26N2O3S. The second-order valence-electron chi connectivity index (χ2n) is 6.98. The summed E-state index contributed by atoms with van der Waals surface area (Å²) in [6, 6.07) is 5.57. The van der Waals surface area contributed by atoms with Crippen molar-refractivity contribution in [3.8, 4) is 0 Å². The number of nitrogens with one attached hydrogen (secondary N) is 2. The third-order valence-electron chi connectivity index (χ3n) is 4.99. The lowest BCUT2D eigenvalue weighted by molar-refractivity contribution is -0.121. The first-order chi connectivity index (χ1) is 11.5. The fourth-order valence-corrected chi connectivity index (χ4v) is 4.38. The molecule has 3 rings (SSSR count). The average molecular weight is 350 g/mol. The maximum absolute atomic E-state index is 12.4. The van der Waals surface area contributed by atoms with E-state index in [1.807, 2.05) is 13.0 Å². The first-order valence-electron chi connectivity index (χ1n) is 8.86. The molecule has 0 aromatic heterocycles. The Hall–Kier alpha value is -1.40. The molecule has 24 heavy (non-hydrogen) atoms. The van der Waals surface area contributed by atoms with E-state index in [9.17, 15) is 13.2 Å². The van der Waals surface area contributed by atoms with Crippen molar-refractivity contribution in [1.82, 2.24) is 10.0 Å². The Labute approximate surface area is 144 Å². The van der Waals surface area contributed by atoms with E-state index < -0.39 is 10.0 Å². The van der Waals surface area contributed by atoms with Gasteiger partial charge in [0.25, 0.3) is 0 Å². The van der Waals surface area contributed by atoms with Gasteiger partial charge in [-0.05, 0) is 74.6 Å². The van der Waals surface area contributed by atoms with E-state index in [-0.39, 0.29) is 24.9 Å². The smallest absolute Gasteiger partial charge is 0.240 e. The third-order valence-corrected chi connectivity index (χ3v) is 6.45. The first kappa shape index (κ1) is 17.4. The van der Waals surface area contributed by atoms with E-state index in [0.29, 0.717) is 10.8 Å². The highest BCUT2D eigenvalue weighted by Crippen LogP contribution is 2.32. The van der Waals surface area contributed by atoms with Crippen LogP contribution in [-0.2, 0) is 27.7 Å². The Kier molecular flexibility index (Phi) is 5.25. The first-order valence-corrected chi connectivity index (χ1v) is 10.3. The summed E-state index contributed by atoms with van der Waals surface area (Å²) in [6.45, 7) is 2.13. The highest BCUT2D eigenvalue weighted by Gasteiger charge is 2.28. The number of sulfonamides is 1. The van der Waals surface area contributed by atoms with Crippen LogP contribution in [0.25, 0.3) is 0 Å². The highest BCUT2D eigenvalue weighted by atomic mass is 32.2. The molecule has 132 valence electrons. The van der Waals surface area contributed by atoms with Crippen molar-refractivity contribution >= 4 is 15.9 Å². The second kappa shape index (κ2) is 7.23. The fourth-order valence-electron chi connectivity index (χ4n) is 3.30. The fraction of sp³-hybridized carbons (Fsp3) is 0.611. The number of fused-ring (bicyclic) bond motifs is 1. The van der Waals surface area contributed by atoms with Gasteiger partial charge in [0.15, 0.2) is 0 Å². The Morgan fingerprint density at radius 2 is 1.92 bits per heavy atom. The van der Waals surface area contributed by atoms with Crippen molar-refractivity contribution in [2.45, 2.75) is 62.8 Å². The lowest BCUT2D eigenvalue weighted by Crippen LogP contribution is -2.36. The molecule has 0 spiro atoms.